The van der Waals surface area contributed by atoms with Gasteiger partial charge in [-0.3, -0.25) is 4.79 Å². The fourth-order valence-electron chi connectivity index (χ4n) is 1.89. The van der Waals surface area contributed by atoms with Gasteiger partial charge in [0, 0.05) is 21.6 Å². The first-order valence-electron chi connectivity index (χ1n) is 6.35. The van der Waals surface area contributed by atoms with E-state index in [4.69, 9.17) is 11.6 Å². The molecule has 0 spiro atoms. The Morgan fingerprint density at radius 2 is 2.05 bits per heavy atom. The van der Waals surface area contributed by atoms with Crippen molar-refractivity contribution in [3.8, 4) is 0 Å². The molecule has 0 bridgehead atoms. The molecule has 4 heteroatoms. The van der Waals surface area contributed by atoms with Gasteiger partial charge in [-0.1, -0.05) is 45.7 Å². The minimum Gasteiger partial charge on any atom is -0.326 e. The van der Waals surface area contributed by atoms with Crippen LogP contribution in [0.1, 0.15) is 17.5 Å². The second kappa shape index (κ2) is 6.91. The summed E-state index contributed by atoms with van der Waals surface area (Å²) >= 11 is 9.36. The number of aryl methyl sites for hydroxylation is 2. The standard InChI is InChI=1S/C16H15BrClNO/c1-11-5-7-14(18)10-15(11)19-16(20)8-6-12-3-2-4-13(17)9-12/h2-5,7,9-10H,6,8H2,1H3,(H,19,20). The molecule has 2 aromatic carbocycles. The van der Waals surface area contributed by atoms with Gasteiger partial charge in [-0.2, -0.15) is 0 Å². The van der Waals surface area contributed by atoms with E-state index in [1.807, 2.05) is 43.3 Å². The van der Waals surface area contributed by atoms with E-state index in [1.165, 1.54) is 0 Å². The zero-order valence-corrected chi connectivity index (χ0v) is 13.5. The third-order valence-electron chi connectivity index (χ3n) is 3.00. The van der Waals surface area contributed by atoms with Crippen LogP contribution in [0.4, 0.5) is 5.69 Å². The highest BCUT2D eigenvalue weighted by atomic mass is 79.9. The smallest absolute Gasteiger partial charge is 0.224 e. The zero-order chi connectivity index (χ0) is 14.5. The fourth-order valence-corrected chi connectivity index (χ4v) is 2.51. The summed E-state index contributed by atoms with van der Waals surface area (Å²) in [6.07, 6.45) is 1.16. The second-order valence-corrected chi connectivity index (χ2v) is 5.99. The highest BCUT2D eigenvalue weighted by molar-refractivity contribution is 9.10. The third kappa shape index (κ3) is 4.36. The second-order valence-electron chi connectivity index (χ2n) is 4.64. The minimum atomic E-state index is -0.00431. The van der Waals surface area contributed by atoms with Gasteiger partial charge in [0.05, 0.1) is 0 Å². The third-order valence-corrected chi connectivity index (χ3v) is 3.73. The van der Waals surface area contributed by atoms with Crippen molar-refractivity contribution in [1.29, 1.82) is 0 Å². The maximum absolute atomic E-state index is 12.0. The average molecular weight is 353 g/mol. The summed E-state index contributed by atoms with van der Waals surface area (Å²) in [5.74, 6) is -0.00431. The van der Waals surface area contributed by atoms with Crippen LogP contribution in [0.5, 0.6) is 0 Å². The van der Waals surface area contributed by atoms with Gasteiger partial charge in [-0.25, -0.2) is 0 Å². The van der Waals surface area contributed by atoms with Crippen LogP contribution in [0, 0.1) is 6.92 Å². The maximum Gasteiger partial charge on any atom is 0.224 e. The first-order valence-corrected chi connectivity index (χ1v) is 7.52. The van der Waals surface area contributed by atoms with Gasteiger partial charge in [0.25, 0.3) is 0 Å². The highest BCUT2D eigenvalue weighted by Gasteiger charge is 2.06. The van der Waals surface area contributed by atoms with Gasteiger partial charge in [-0.05, 0) is 48.7 Å². The van der Waals surface area contributed by atoms with Crippen molar-refractivity contribution in [3.05, 3.63) is 63.1 Å². The molecule has 1 amide bonds. The average Bonchev–Trinajstić information content (AvgIpc) is 2.41. The van der Waals surface area contributed by atoms with Gasteiger partial charge in [0.15, 0.2) is 0 Å². The lowest BCUT2D eigenvalue weighted by molar-refractivity contribution is -0.116. The number of halogens is 2. The lowest BCUT2D eigenvalue weighted by Crippen LogP contribution is -2.13. The van der Waals surface area contributed by atoms with Gasteiger partial charge in [0.1, 0.15) is 0 Å². The van der Waals surface area contributed by atoms with Crippen LogP contribution >= 0.6 is 27.5 Å². The summed E-state index contributed by atoms with van der Waals surface area (Å²) in [7, 11) is 0. The molecular weight excluding hydrogens is 338 g/mol. The number of hydrogen-bond donors (Lipinski definition) is 1. The molecule has 0 aliphatic carbocycles. The van der Waals surface area contributed by atoms with Crippen LogP contribution in [-0.4, -0.2) is 5.91 Å². The van der Waals surface area contributed by atoms with Gasteiger partial charge in [0.2, 0.25) is 5.91 Å². The summed E-state index contributed by atoms with van der Waals surface area (Å²) < 4.78 is 1.03. The Labute approximate surface area is 132 Å². The number of nitrogens with one attached hydrogen (secondary N) is 1. The molecular formula is C16H15BrClNO. The van der Waals surface area contributed by atoms with E-state index in [0.29, 0.717) is 17.9 Å². The molecule has 0 atom stereocenters. The van der Waals surface area contributed by atoms with Crippen molar-refractivity contribution < 1.29 is 4.79 Å². The topological polar surface area (TPSA) is 29.1 Å². The van der Waals surface area contributed by atoms with E-state index >= 15 is 0 Å². The Hall–Kier alpha value is -1.32. The molecule has 104 valence electrons. The van der Waals surface area contributed by atoms with Crippen LogP contribution in [0.25, 0.3) is 0 Å². The summed E-state index contributed by atoms with van der Waals surface area (Å²) in [6.45, 7) is 1.94. The number of carbonyl (C=O) groups excluding carboxylic acids is 1. The number of hydrogen-bond acceptors (Lipinski definition) is 1. The number of amides is 1. The molecule has 0 aliphatic heterocycles. The fraction of sp³-hybridized carbons (Fsp3) is 0.188. The van der Waals surface area contributed by atoms with Crippen molar-refractivity contribution in [2.24, 2.45) is 0 Å². The number of anilines is 1. The number of carbonyl (C=O) groups is 1. The van der Waals surface area contributed by atoms with E-state index < -0.39 is 0 Å². The number of rotatable bonds is 4. The van der Waals surface area contributed by atoms with Crippen LogP contribution in [0.3, 0.4) is 0 Å². The molecule has 0 radical (unpaired) electrons. The normalized spacial score (nSPS) is 10.3. The van der Waals surface area contributed by atoms with E-state index in [0.717, 1.165) is 21.3 Å². The molecule has 2 nitrogen and oxygen atoms in total. The summed E-state index contributed by atoms with van der Waals surface area (Å²) in [5, 5.41) is 3.52. The lowest BCUT2D eigenvalue weighted by Gasteiger charge is -2.09. The minimum absolute atomic E-state index is 0.00431. The molecule has 1 N–H and O–H groups in total. The van der Waals surface area contributed by atoms with Gasteiger partial charge >= 0.3 is 0 Å². The molecule has 0 aliphatic rings. The molecule has 2 rings (SSSR count). The van der Waals surface area contributed by atoms with Crippen LogP contribution < -0.4 is 5.32 Å². The quantitative estimate of drug-likeness (QED) is 0.826. The van der Waals surface area contributed by atoms with Crippen LogP contribution in [-0.2, 0) is 11.2 Å². The first kappa shape index (κ1) is 15.1. The zero-order valence-electron chi connectivity index (χ0n) is 11.1. The van der Waals surface area contributed by atoms with E-state index in [1.54, 1.807) is 6.07 Å². The Morgan fingerprint density at radius 1 is 1.25 bits per heavy atom. The van der Waals surface area contributed by atoms with Crippen molar-refractivity contribution >= 4 is 39.1 Å². The molecule has 0 heterocycles. The van der Waals surface area contributed by atoms with Gasteiger partial charge in [-0.15, -0.1) is 0 Å². The van der Waals surface area contributed by atoms with E-state index in [2.05, 4.69) is 21.2 Å². The first-order chi connectivity index (χ1) is 9.54. The molecule has 0 saturated carbocycles. The Balaban J connectivity index is 1.94. The lowest BCUT2D eigenvalue weighted by atomic mass is 10.1. The molecule has 20 heavy (non-hydrogen) atoms. The van der Waals surface area contributed by atoms with Crippen molar-refractivity contribution in [2.75, 3.05) is 5.32 Å². The predicted octanol–water partition coefficient (Wildman–Crippen LogP) is 4.98. The molecule has 0 aromatic heterocycles. The van der Waals surface area contributed by atoms with E-state index in [9.17, 15) is 4.79 Å². The SMILES string of the molecule is Cc1ccc(Cl)cc1NC(=O)CCc1cccc(Br)c1. The predicted molar refractivity (Wildman–Crippen MR) is 87.3 cm³/mol. The van der Waals surface area contributed by atoms with Crippen LogP contribution in [0.15, 0.2) is 46.9 Å². The highest BCUT2D eigenvalue weighted by Crippen LogP contribution is 2.20. The summed E-state index contributed by atoms with van der Waals surface area (Å²) in [5.41, 5.74) is 2.92. The summed E-state index contributed by atoms with van der Waals surface area (Å²) in [6, 6.07) is 13.5. The monoisotopic (exact) mass is 351 g/mol. The molecule has 2 aromatic rings. The van der Waals surface area contributed by atoms with Gasteiger partial charge < -0.3 is 5.32 Å². The largest absolute Gasteiger partial charge is 0.326 e. The Morgan fingerprint density at radius 3 is 2.80 bits per heavy atom. The molecule has 0 saturated heterocycles. The van der Waals surface area contributed by atoms with Crippen molar-refractivity contribution in [2.45, 2.75) is 19.8 Å². The number of benzene rings is 2. The Kier molecular flexibility index (Phi) is 5.21. The van der Waals surface area contributed by atoms with Crippen molar-refractivity contribution in [3.63, 3.8) is 0 Å². The molecule has 0 fully saturated rings. The Bertz CT molecular complexity index is 628. The van der Waals surface area contributed by atoms with Crippen molar-refractivity contribution in [1.82, 2.24) is 0 Å². The summed E-state index contributed by atoms with van der Waals surface area (Å²) in [4.78, 5) is 12.0. The van der Waals surface area contributed by atoms with Crippen LogP contribution in [0.2, 0.25) is 5.02 Å². The van der Waals surface area contributed by atoms with E-state index in [-0.39, 0.29) is 5.91 Å². The molecule has 0 unspecified atom stereocenters. The maximum atomic E-state index is 12.0.